The first-order valence-corrected chi connectivity index (χ1v) is 9.01. The van der Waals surface area contributed by atoms with Crippen LogP contribution < -0.4 is 5.32 Å². The van der Waals surface area contributed by atoms with Gasteiger partial charge in [0.05, 0.1) is 5.75 Å². The van der Waals surface area contributed by atoms with Crippen LogP contribution in [0.4, 0.5) is 0 Å². The summed E-state index contributed by atoms with van der Waals surface area (Å²) >= 11 is 1.58. The normalized spacial score (nSPS) is 20.4. The van der Waals surface area contributed by atoms with Gasteiger partial charge in [-0.1, -0.05) is 13.3 Å². The SMILES string of the molecule is CCC[C@H]1CN(Cc2ccncc2)C[C@@H]1NC(=O)CSC.Cl.Cl. The van der Waals surface area contributed by atoms with Gasteiger partial charge in [0, 0.05) is 38.1 Å². The van der Waals surface area contributed by atoms with E-state index in [-0.39, 0.29) is 30.7 Å². The van der Waals surface area contributed by atoms with Crippen LogP contribution in [0, 0.1) is 5.92 Å². The Kier molecular flexibility index (Phi) is 11.7. The van der Waals surface area contributed by atoms with E-state index in [4.69, 9.17) is 0 Å². The average Bonchev–Trinajstić information content (AvgIpc) is 2.82. The Balaban J connectivity index is 0.00000242. The van der Waals surface area contributed by atoms with E-state index < -0.39 is 0 Å². The molecule has 2 rings (SSSR count). The number of likely N-dealkylation sites (tertiary alicyclic amines) is 1. The third-order valence-corrected chi connectivity index (χ3v) is 4.50. The van der Waals surface area contributed by atoms with Crippen LogP contribution >= 0.6 is 36.6 Å². The van der Waals surface area contributed by atoms with Gasteiger partial charge in [-0.3, -0.25) is 14.7 Å². The average molecular weight is 380 g/mol. The second-order valence-electron chi connectivity index (χ2n) is 5.71. The largest absolute Gasteiger partial charge is 0.351 e. The van der Waals surface area contributed by atoms with Crippen LogP contribution in [0.2, 0.25) is 0 Å². The fourth-order valence-corrected chi connectivity index (χ4v) is 3.39. The van der Waals surface area contributed by atoms with Gasteiger partial charge >= 0.3 is 0 Å². The number of carbonyl (C=O) groups is 1. The van der Waals surface area contributed by atoms with E-state index in [2.05, 4.69) is 34.3 Å². The van der Waals surface area contributed by atoms with E-state index in [0.29, 0.717) is 17.7 Å². The molecule has 1 amide bonds. The molecule has 7 heteroatoms. The topological polar surface area (TPSA) is 45.2 Å². The molecule has 1 aromatic heterocycles. The van der Waals surface area contributed by atoms with E-state index in [0.717, 1.165) is 19.6 Å². The number of carbonyl (C=O) groups excluding carboxylic acids is 1. The molecule has 0 aliphatic carbocycles. The number of rotatable bonds is 7. The van der Waals surface area contributed by atoms with Crippen LogP contribution in [-0.2, 0) is 11.3 Å². The van der Waals surface area contributed by atoms with E-state index in [9.17, 15) is 4.79 Å². The summed E-state index contributed by atoms with van der Waals surface area (Å²) in [5.74, 6) is 1.29. The van der Waals surface area contributed by atoms with E-state index in [1.807, 2.05) is 18.6 Å². The number of hydrogen-bond acceptors (Lipinski definition) is 4. The van der Waals surface area contributed by atoms with Gasteiger partial charge in [-0.25, -0.2) is 0 Å². The lowest BCUT2D eigenvalue weighted by molar-refractivity contribution is -0.119. The second-order valence-corrected chi connectivity index (χ2v) is 6.57. The van der Waals surface area contributed by atoms with E-state index in [1.165, 1.54) is 18.4 Å². The summed E-state index contributed by atoms with van der Waals surface area (Å²) in [7, 11) is 0. The van der Waals surface area contributed by atoms with Crippen molar-refractivity contribution >= 4 is 42.5 Å². The smallest absolute Gasteiger partial charge is 0.230 e. The molecule has 1 saturated heterocycles. The summed E-state index contributed by atoms with van der Waals surface area (Å²) in [6.45, 7) is 5.18. The zero-order valence-electron chi connectivity index (χ0n) is 13.7. The minimum absolute atomic E-state index is 0. The van der Waals surface area contributed by atoms with Crippen LogP contribution in [-0.4, -0.2) is 46.9 Å². The molecule has 1 aliphatic heterocycles. The Labute approximate surface area is 156 Å². The molecule has 0 saturated carbocycles. The first-order valence-electron chi connectivity index (χ1n) is 7.62. The number of halogens is 2. The highest BCUT2D eigenvalue weighted by molar-refractivity contribution is 7.99. The number of pyridine rings is 1. The summed E-state index contributed by atoms with van der Waals surface area (Å²) < 4.78 is 0. The zero-order chi connectivity index (χ0) is 15.1. The minimum atomic E-state index is 0. The molecule has 23 heavy (non-hydrogen) atoms. The Morgan fingerprint density at radius 1 is 1.35 bits per heavy atom. The first-order chi connectivity index (χ1) is 10.2. The van der Waals surface area contributed by atoms with Gasteiger partial charge < -0.3 is 5.32 Å². The molecule has 132 valence electrons. The molecular formula is C16H27Cl2N3OS. The quantitative estimate of drug-likeness (QED) is 0.790. The van der Waals surface area contributed by atoms with Crippen LogP contribution in [0.25, 0.3) is 0 Å². The van der Waals surface area contributed by atoms with Crippen molar-refractivity contribution in [2.24, 2.45) is 5.92 Å². The van der Waals surface area contributed by atoms with Crippen molar-refractivity contribution in [3.05, 3.63) is 30.1 Å². The van der Waals surface area contributed by atoms with Crippen LogP contribution in [0.15, 0.2) is 24.5 Å². The molecule has 0 radical (unpaired) electrons. The summed E-state index contributed by atoms with van der Waals surface area (Å²) in [6.07, 6.45) is 7.99. The lowest BCUT2D eigenvalue weighted by Crippen LogP contribution is -2.41. The predicted octanol–water partition coefficient (Wildman–Crippen LogP) is 3.00. The Morgan fingerprint density at radius 3 is 2.65 bits per heavy atom. The molecule has 2 heterocycles. The molecular weight excluding hydrogens is 353 g/mol. The van der Waals surface area contributed by atoms with Gasteiger partial charge in [0.15, 0.2) is 0 Å². The number of amides is 1. The molecule has 0 aromatic carbocycles. The van der Waals surface area contributed by atoms with E-state index in [1.54, 1.807) is 11.8 Å². The molecule has 1 fully saturated rings. The number of hydrogen-bond donors (Lipinski definition) is 1. The highest BCUT2D eigenvalue weighted by Crippen LogP contribution is 2.23. The number of thioether (sulfide) groups is 1. The minimum Gasteiger partial charge on any atom is -0.351 e. The van der Waals surface area contributed by atoms with Gasteiger partial charge in [-0.15, -0.1) is 24.8 Å². The molecule has 4 nitrogen and oxygen atoms in total. The summed E-state index contributed by atoms with van der Waals surface area (Å²) in [6, 6.07) is 4.43. The van der Waals surface area contributed by atoms with Crippen molar-refractivity contribution in [3.63, 3.8) is 0 Å². The molecule has 0 bridgehead atoms. The van der Waals surface area contributed by atoms with E-state index >= 15 is 0 Å². The zero-order valence-corrected chi connectivity index (χ0v) is 16.2. The van der Waals surface area contributed by atoms with Gasteiger partial charge in [0.25, 0.3) is 0 Å². The van der Waals surface area contributed by atoms with Crippen molar-refractivity contribution in [3.8, 4) is 0 Å². The maximum Gasteiger partial charge on any atom is 0.230 e. The van der Waals surface area contributed by atoms with Crippen molar-refractivity contribution in [1.82, 2.24) is 15.2 Å². The summed E-state index contributed by atoms with van der Waals surface area (Å²) in [4.78, 5) is 18.4. The Hall–Kier alpha value is -0.490. The molecule has 0 unspecified atom stereocenters. The summed E-state index contributed by atoms with van der Waals surface area (Å²) in [5.41, 5.74) is 1.29. The highest BCUT2D eigenvalue weighted by Gasteiger charge is 2.32. The van der Waals surface area contributed by atoms with Gasteiger partial charge in [-0.05, 0) is 36.3 Å². The lowest BCUT2D eigenvalue weighted by atomic mass is 9.98. The number of aromatic nitrogens is 1. The monoisotopic (exact) mass is 379 g/mol. The second kappa shape index (κ2) is 12.0. The van der Waals surface area contributed by atoms with Crippen molar-refractivity contribution in [2.45, 2.75) is 32.4 Å². The van der Waals surface area contributed by atoms with Crippen LogP contribution in [0.5, 0.6) is 0 Å². The standard InChI is InChI=1S/C16H25N3OS.2ClH/c1-3-4-14-10-19(9-13-5-7-17-8-6-13)11-15(14)18-16(20)12-21-2;;/h5-8,14-15H,3-4,9-12H2,1-2H3,(H,18,20);2*1H/t14-,15-;;/m0../s1. The summed E-state index contributed by atoms with van der Waals surface area (Å²) in [5, 5.41) is 3.22. The first kappa shape index (κ1) is 22.5. The van der Waals surface area contributed by atoms with Crippen molar-refractivity contribution in [1.29, 1.82) is 0 Å². The maximum absolute atomic E-state index is 11.9. The molecule has 1 aromatic rings. The molecule has 1 aliphatic rings. The Morgan fingerprint density at radius 2 is 2.04 bits per heavy atom. The lowest BCUT2D eigenvalue weighted by Gasteiger charge is -2.19. The van der Waals surface area contributed by atoms with Gasteiger partial charge in [0.2, 0.25) is 5.91 Å². The van der Waals surface area contributed by atoms with Gasteiger partial charge in [-0.2, -0.15) is 11.8 Å². The third-order valence-electron chi connectivity index (χ3n) is 3.95. The fraction of sp³-hybridized carbons (Fsp3) is 0.625. The number of nitrogens with one attached hydrogen (secondary N) is 1. The molecule has 1 N–H and O–H groups in total. The maximum atomic E-state index is 11.9. The van der Waals surface area contributed by atoms with Crippen molar-refractivity contribution < 1.29 is 4.79 Å². The Bertz CT molecular complexity index is 450. The van der Waals surface area contributed by atoms with Gasteiger partial charge in [0.1, 0.15) is 0 Å². The molecule has 0 spiro atoms. The third kappa shape index (κ3) is 7.29. The highest BCUT2D eigenvalue weighted by atomic mass is 35.5. The van der Waals surface area contributed by atoms with Crippen LogP contribution in [0.3, 0.4) is 0 Å². The van der Waals surface area contributed by atoms with Crippen LogP contribution in [0.1, 0.15) is 25.3 Å². The van der Waals surface area contributed by atoms with Crippen molar-refractivity contribution in [2.75, 3.05) is 25.1 Å². The fourth-order valence-electron chi connectivity index (χ4n) is 3.04. The number of nitrogens with zero attached hydrogens (tertiary/aromatic N) is 2. The molecule has 2 atom stereocenters. The predicted molar refractivity (Wildman–Crippen MR) is 103 cm³/mol.